The number of rotatable bonds is 2. The van der Waals surface area contributed by atoms with Crippen LogP contribution in [0.25, 0.3) is 22.8 Å². The van der Waals surface area contributed by atoms with E-state index < -0.39 is 0 Å². The molecule has 1 aromatic carbocycles. The second-order valence-electron chi connectivity index (χ2n) is 6.10. The summed E-state index contributed by atoms with van der Waals surface area (Å²) in [5, 5.41) is 0. The highest BCUT2D eigenvalue weighted by molar-refractivity contribution is 5.70. The number of benzene rings is 1. The van der Waals surface area contributed by atoms with Gasteiger partial charge in [-0.3, -0.25) is 0 Å². The average Bonchev–Trinajstić information content (AvgIpc) is 2.61. The lowest BCUT2D eigenvalue weighted by atomic mass is 9.97. The third-order valence-corrected chi connectivity index (χ3v) is 4.35. The Labute approximate surface area is 141 Å². The molecule has 0 saturated heterocycles. The first-order chi connectivity index (χ1) is 11.7. The monoisotopic (exact) mass is 317 g/mol. The number of hydrogen-bond donors (Lipinski definition) is 0. The summed E-state index contributed by atoms with van der Waals surface area (Å²) >= 11 is 0. The lowest BCUT2D eigenvalue weighted by Gasteiger charge is -2.20. The first-order valence-electron chi connectivity index (χ1n) is 8.20. The SMILES string of the molecule is Cc1cccc(-c2nc3c(c(-c4ccccc4C)n2)CCOC3)n1. The number of nitrogens with zero attached hydrogens (tertiary/aromatic N) is 3. The molecule has 120 valence electrons. The van der Waals surface area contributed by atoms with Gasteiger partial charge in [-0.25, -0.2) is 15.0 Å². The molecule has 3 aromatic rings. The zero-order valence-electron chi connectivity index (χ0n) is 13.9. The molecule has 4 rings (SSSR count). The van der Waals surface area contributed by atoms with E-state index in [0.717, 1.165) is 41.4 Å². The van der Waals surface area contributed by atoms with Gasteiger partial charge in [-0.05, 0) is 38.0 Å². The molecule has 0 spiro atoms. The summed E-state index contributed by atoms with van der Waals surface area (Å²) in [5.74, 6) is 0.668. The molecular formula is C20H19N3O. The number of hydrogen-bond acceptors (Lipinski definition) is 4. The highest BCUT2D eigenvalue weighted by atomic mass is 16.5. The maximum atomic E-state index is 5.62. The Kier molecular flexibility index (Phi) is 3.82. The number of fused-ring (bicyclic) bond motifs is 1. The predicted octanol–water partition coefficient (Wildman–Crippen LogP) is 3.90. The summed E-state index contributed by atoms with van der Waals surface area (Å²) < 4.78 is 5.62. The van der Waals surface area contributed by atoms with Gasteiger partial charge in [0.25, 0.3) is 0 Å². The molecule has 0 amide bonds. The standard InChI is InChI=1S/C20H19N3O/c1-13-6-3-4-8-15(13)19-16-10-11-24-12-18(16)22-20(23-19)17-9-5-7-14(2)21-17/h3-9H,10-12H2,1-2H3. The number of ether oxygens (including phenoxy) is 1. The first kappa shape index (κ1) is 15.0. The maximum Gasteiger partial charge on any atom is 0.179 e. The molecule has 4 nitrogen and oxygen atoms in total. The average molecular weight is 317 g/mol. The van der Waals surface area contributed by atoms with Crippen molar-refractivity contribution in [2.45, 2.75) is 26.9 Å². The molecule has 1 aliphatic heterocycles. The Morgan fingerprint density at radius 2 is 1.79 bits per heavy atom. The molecule has 24 heavy (non-hydrogen) atoms. The van der Waals surface area contributed by atoms with E-state index in [4.69, 9.17) is 14.7 Å². The summed E-state index contributed by atoms with van der Waals surface area (Å²) in [6.45, 7) is 5.36. The lowest BCUT2D eigenvalue weighted by Crippen LogP contribution is -2.15. The largest absolute Gasteiger partial charge is 0.375 e. The molecule has 0 unspecified atom stereocenters. The molecule has 0 fully saturated rings. The van der Waals surface area contributed by atoms with E-state index in [0.29, 0.717) is 12.4 Å². The van der Waals surface area contributed by atoms with E-state index in [2.05, 4.69) is 36.2 Å². The predicted molar refractivity (Wildman–Crippen MR) is 93.5 cm³/mol. The van der Waals surface area contributed by atoms with Crippen LogP contribution in [0.1, 0.15) is 22.5 Å². The van der Waals surface area contributed by atoms with Crippen molar-refractivity contribution in [3.63, 3.8) is 0 Å². The Hall–Kier alpha value is -2.59. The van der Waals surface area contributed by atoms with Gasteiger partial charge < -0.3 is 4.74 Å². The van der Waals surface area contributed by atoms with Crippen molar-refractivity contribution in [3.8, 4) is 22.8 Å². The minimum absolute atomic E-state index is 0.537. The summed E-state index contributed by atoms with van der Waals surface area (Å²) in [4.78, 5) is 14.2. The van der Waals surface area contributed by atoms with Gasteiger partial charge in [0.15, 0.2) is 5.82 Å². The Morgan fingerprint density at radius 1 is 0.917 bits per heavy atom. The van der Waals surface area contributed by atoms with Gasteiger partial charge in [0, 0.05) is 16.8 Å². The molecule has 2 aromatic heterocycles. The Balaban J connectivity index is 1.95. The molecule has 0 atom stereocenters. The molecule has 3 heterocycles. The fourth-order valence-electron chi connectivity index (χ4n) is 3.10. The van der Waals surface area contributed by atoms with Crippen molar-refractivity contribution in [1.82, 2.24) is 15.0 Å². The summed E-state index contributed by atoms with van der Waals surface area (Å²) in [6.07, 6.45) is 0.848. The van der Waals surface area contributed by atoms with Crippen LogP contribution in [0, 0.1) is 13.8 Å². The lowest BCUT2D eigenvalue weighted by molar-refractivity contribution is 0.107. The topological polar surface area (TPSA) is 47.9 Å². The first-order valence-corrected chi connectivity index (χ1v) is 8.20. The number of aryl methyl sites for hydroxylation is 2. The van der Waals surface area contributed by atoms with Crippen LogP contribution < -0.4 is 0 Å². The third kappa shape index (κ3) is 2.69. The van der Waals surface area contributed by atoms with Gasteiger partial charge in [0.2, 0.25) is 0 Å². The highest BCUT2D eigenvalue weighted by Gasteiger charge is 2.21. The summed E-state index contributed by atoms with van der Waals surface area (Å²) in [6, 6.07) is 14.3. The van der Waals surface area contributed by atoms with E-state index in [1.54, 1.807) is 0 Å². The van der Waals surface area contributed by atoms with Crippen LogP contribution in [0.3, 0.4) is 0 Å². The van der Waals surface area contributed by atoms with Crippen molar-refractivity contribution in [1.29, 1.82) is 0 Å². The molecule has 4 heteroatoms. The second kappa shape index (κ2) is 6.13. The van der Waals surface area contributed by atoms with E-state index in [1.165, 1.54) is 11.1 Å². The summed E-state index contributed by atoms with van der Waals surface area (Å²) in [5.41, 5.74) is 7.33. The number of pyridine rings is 1. The van der Waals surface area contributed by atoms with E-state index >= 15 is 0 Å². The van der Waals surface area contributed by atoms with Gasteiger partial charge in [-0.1, -0.05) is 30.3 Å². The van der Waals surface area contributed by atoms with Crippen molar-refractivity contribution in [3.05, 3.63) is 65.0 Å². The van der Waals surface area contributed by atoms with Crippen molar-refractivity contribution in [2.75, 3.05) is 6.61 Å². The molecule has 0 aliphatic carbocycles. The number of aromatic nitrogens is 3. The van der Waals surface area contributed by atoms with Gasteiger partial charge in [0.1, 0.15) is 5.69 Å². The normalized spacial score (nSPS) is 13.6. The fourth-order valence-corrected chi connectivity index (χ4v) is 3.10. The van der Waals surface area contributed by atoms with Crippen molar-refractivity contribution < 1.29 is 4.74 Å². The van der Waals surface area contributed by atoms with Gasteiger partial charge in [0.05, 0.1) is 24.6 Å². The minimum atomic E-state index is 0.537. The molecule has 0 N–H and O–H groups in total. The molecule has 0 saturated carbocycles. The van der Waals surface area contributed by atoms with Crippen LogP contribution >= 0.6 is 0 Å². The van der Waals surface area contributed by atoms with Crippen LogP contribution in [0.2, 0.25) is 0 Å². The quantitative estimate of drug-likeness (QED) is 0.719. The molecule has 0 radical (unpaired) electrons. The molecule has 0 bridgehead atoms. The van der Waals surface area contributed by atoms with E-state index in [9.17, 15) is 0 Å². The van der Waals surface area contributed by atoms with E-state index in [1.807, 2.05) is 25.1 Å². The van der Waals surface area contributed by atoms with Crippen LogP contribution in [0.15, 0.2) is 42.5 Å². The van der Waals surface area contributed by atoms with Gasteiger partial charge in [-0.2, -0.15) is 0 Å². The Morgan fingerprint density at radius 3 is 2.62 bits per heavy atom. The van der Waals surface area contributed by atoms with Crippen molar-refractivity contribution in [2.24, 2.45) is 0 Å². The minimum Gasteiger partial charge on any atom is -0.375 e. The highest BCUT2D eigenvalue weighted by Crippen LogP contribution is 2.31. The van der Waals surface area contributed by atoms with Gasteiger partial charge in [-0.15, -0.1) is 0 Å². The zero-order chi connectivity index (χ0) is 16.5. The van der Waals surface area contributed by atoms with Gasteiger partial charge >= 0.3 is 0 Å². The maximum absolute atomic E-state index is 5.62. The smallest absolute Gasteiger partial charge is 0.179 e. The van der Waals surface area contributed by atoms with Crippen LogP contribution in [0.4, 0.5) is 0 Å². The second-order valence-corrected chi connectivity index (χ2v) is 6.10. The fraction of sp³-hybridized carbons (Fsp3) is 0.250. The van der Waals surface area contributed by atoms with Crippen LogP contribution in [0.5, 0.6) is 0 Å². The van der Waals surface area contributed by atoms with E-state index in [-0.39, 0.29) is 0 Å². The molecular weight excluding hydrogens is 298 g/mol. The summed E-state index contributed by atoms with van der Waals surface area (Å²) in [7, 11) is 0. The molecule has 1 aliphatic rings. The zero-order valence-corrected chi connectivity index (χ0v) is 13.9. The van der Waals surface area contributed by atoms with Crippen molar-refractivity contribution >= 4 is 0 Å². The van der Waals surface area contributed by atoms with Crippen LogP contribution in [-0.4, -0.2) is 21.6 Å². The third-order valence-electron chi connectivity index (χ3n) is 4.35. The van der Waals surface area contributed by atoms with Crippen LogP contribution in [-0.2, 0) is 17.8 Å². The Bertz CT molecular complexity index is 905.